The molecule has 0 aliphatic heterocycles. The minimum atomic E-state index is -0.286. The van der Waals surface area contributed by atoms with Crippen LogP contribution in [0.3, 0.4) is 0 Å². The molecule has 0 saturated heterocycles. The maximum atomic E-state index is 12.3. The average Bonchev–Trinajstić information content (AvgIpc) is 3.05. The number of carbonyl (C=O) groups excluding carboxylic acids is 1. The summed E-state index contributed by atoms with van der Waals surface area (Å²) in [6, 6.07) is 18.9. The van der Waals surface area contributed by atoms with Crippen LogP contribution in [0.4, 0.5) is 0 Å². The first kappa shape index (κ1) is 19.0. The third-order valence-corrected chi connectivity index (χ3v) is 4.26. The van der Waals surface area contributed by atoms with Gasteiger partial charge >= 0.3 is 0 Å². The number of terminal acetylenes is 1. The lowest BCUT2D eigenvalue weighted by atomic mass is 10.2. The van der Waals surface area contributed by atoms with Gasteiger partial charge in [-0.3, -0.25) is 4.79 Å². The predicted molar refractivity (Wildman–Crippen MR) is 111 cm³/mol. The predicted octanol–water partition coefficient (Wildman–Crippen LogP) is 3.87. The van der Waals surface area contributed by atoms with Gasteiger partial charge in [0.05, 0.1) is 6.21 Å². The molecule has 0 atom stereocenters. The van der Waals surface area contributed by atoms with Gasteiger partial charge in [-0.15, -0.1) is 6.42 Å². The number of hydrogen-bond donors (Lipinski definition) is 1. The maximum absolute atomic E-state index is 12.3. The van der Waals surface area contributed by atoms with Gasteiger partial charge in [-0.2, -0.15) is 5.10 Å². The van der Waals surface area contributed by atoms with Crippen molar-refractivity contribution in [1.82, 2.24) is 9.99 Å². The fraction of sp³-hybridized carbons (Fsp3) is 0.130. The van der Waals surface area contributed by atoms with Crippen LogP contribution in [0.15, 0.2) is 65.8 Å². The maximum Gasteiger partial charge on any atom is 0.271 e. The zero-order chi connectivity index (χ0) is 19.9. The van der Waals surface area contributed by atoms with Crippen LogP contribution in [0.1, 0.15) is 27.3 Å². The Balaban J connectivity index is 1.67. The molecule has 1 aromatic heterocycles. The molecule has 0 spiro atoms. The Kier molecular flexibility index (Phi) is 5.93. The Bertz CT molecular complexity index is 1020. The largest absolute Gasteiger partial charge is 0.480 e. The number of rotatable bonds is 6. The number of benzene rings is 2. The summed E-state index contributed by atoms with van der Waals surface area (Å²) in [7, 11) is 0. The number of ether oxygens (including phenoxy) is 1. The Morgan fingerprint density at radius 3 is 2.46 bits per heavy atom. The van der Waals surface area contributed by atoms with Crippen LogP contribution in [-0.2, 0) is 0 Å². The van der Waals surface area contributed by atoms with Crippen LogP contribution in [0, 0.1) is 26.2 Å². The molecule has 5 nitrogen and oxygen atoms in total. The van der Waals surface area contributed by atoms with Gasteiger partial charge in [0.1, 0.15) is 12.4 Å². The van der Waals surface area contributed by atoms with E-state index < -0.39 is 0 Å². The highest BCUT2D eigenvalue weighted by Gasteiger charge is 2.07. The lowest BCUT2D eigenvalue weighted by Gasteiger charge is -2.10. The number of carbonyl (C=O) groups is 1. The summed E-state index contributed by atoms with van der Waals surface area (Å²) in [6.45, 7) is 4.27. The minimum Gasteiger partial charge on any atom is -0.480 e. The van der Waals surface area contributed by atoms with E-state index in [0.717, 1.165) is 22.6 Å². The van der Waals surface area contributed by atoms with E-state index in [9.17, 15) is 4.79 Å². The van der Waals surface area contributed by atoms with Crippen molar-refractivity contribution in [2.75, 3.05) is 6.61 Å². The van der Waals surface area contributed by atoms with Crippen molar-refractivity contribution in [2.45, 2.75) is 13.8 Å². The second-order valence-electron chi connectivity index (χ2n) is 6.23. The molecule has 0 bridgehead atoms. The molecule has 1 heterocycles. The minimum absolute atomic E-state index is 0.171. The SMILES string of the molecule is C#CCOc1ccccc1/C=N/NC(=O)c1ccc(-n2c(C)ccc2C)cc1. The summed E-state index contributed by atoms with van der Waals surface area (Å²) in [5, 5.41) is 4.03. The number of nitrogens with zero attached hydrogens (tertiary/aromatic N) is 2. The highest BCUT2D eigenvalue weighted by Crippen LogP contribution is 2.17. The van der Waals surface area contributed by atoms with Crippen molar-refractivity contribution < 1.29 is 9.53 Å². The number of aryl methyl sites for hydroxylation is 2. The molecule has 0 fully saturated rings. The van der Waals surface area contributed by atoms with E-state index in [0.29, 0.717) is 11.3 Å². The van der Waals surface area contributed by atoms with E-state index in [4.69, 9.17) is 11.2 Å². The number of hydrogen-bond acceptors (Lipinski definition) is 3. The number of amides is 1. The summed E-state index contributed by atoms with van der Waals surface area (Å²) >= 11 is 0. The molecular weight excluding hydrogens is 350 g/mol. The fourth-order valence-corrected chi connectivity index (χ4v) is 2.90. The van der Waals surface area contributed by atoms with Gasteiger partial charge in [-0.1, -0.05) is 18.1 Å². The molecule has 3 aromatic rings. The summed E-state index contributed by atoms with van der Waals surface area (Å²) in [6.07, 6.45) is 6.75. The quantitative estimate of drug-likeness (QED) is 0.406. The zero-order valence-corrected chi connectivity index (χ0v) is 15.8. The molecule has 0 aliphatic carbocycles. The highest BCUT2D eigenvalue weighted by molar-refractivity contribution is 5.95. The standard InChI is InChI=1S/C23H21N3O2/c1-4-15-28-22-8-6-5-7-20(22)16-24-25-23(27)19-11-13-21(14-12-19)26-17(2)9-10-18(26)3/h1,5-14,16H,15H2,2-3H3,(H,25,27)/b24-16+. The highest BCUT2D eigenvalue weighted by atomic mass is 16.5. The molecule has 0 aliphatic rings. The van der Waals surface area contributed by atoms with Crippen molar-refractivity contribution >= 4 is 12.1 Å². The Morgan fingerprint density at radius 1 is 1.11 bits per heavy atom. The van der Waals surface area contributed by atoms with Gasteiger partial charge in [0.15, 0.2) is 0 Å². The third-order valence-electron chi connectivity index (χ3n) is 4.26. The van der Waals surface area contributed by atoms with Gasteiger partial charge < -0.3 is 9.30 Å². The second-order valence-corrected chi connectivity index (χ2v) is 6.23. The molecule has 2 aromatic carbocycles. The van der Waals surface area contributed by atoms with Crippen LogP contribution < -0.4 is 10.2 Å². The fourth-order valence-electron chi connectivity index (χ4n) is 2.90. The van der Waals surface area contributed by atoms with Crippen LogP contribution in [-0.4, -0.2) is 23.3 Å². The van der Waals surface area contributed by atoms with Crippen molar-refractivity contribution in [3.63, 3.8) is 0 Å². The van der Waals surface area contributed by atoms with Crippen LogP contribution in [0.2, 0.25) is 0 Å². The molecular formula is C23H21N3O2. The first-order valence-corrected chi connectivity index (χ1v) is 8.84. The van der Waals surface area contributed by atoms with Crippen LogP contribution >= 0.6 is 0 Å². The second kappa shape index (κ2) is 8.74. The molecule has 1 amide bonds. The van der Waals surface area contributed by atoms with E-state index in [1.54, 1.807) is 18.2 Å². The van der Waals surface area contributed by atoms with Gasteiger partial charge in [-0.05, 0) is 62.4 Å². The molecule has 0 radical (unpaired) electrons. The number of nitrogens with one attached hydrogen (secondary N) is 1. The first-order valence-electron chi connectivity index (χ1n) is 8.84. The van der Waals surface area contributed by atoms with Crippen molar-refractivity contribution in [1.29, 1.82) is 0 Å². The lowest BCUT2D eigenvalue weighted by molar-refractivity contribution is 0.0955. The van der Waals surface area contributed by atoms with E-state index in [1.165, 1.54) is 6.21 Å². The summed E-state index contributed by atoms with van der Waals surface area (Å²) < 4.78 is 7.59. The van der Waals surface area contributed by atoms with E-state index in [-0.39, 0.29) is 12.5 Å². The molecule has 0 unspecified atom stereocenters. The van der Waals surface area contributed by atoms with Gasteiger partial charge in [0.25, 0.3) is 5.91 Å². The molecule has 1 N–H and O–H groups in total. The third kappa shape index (κ3) is 4.30. The Morgan fingerprint density at radius 2 is 1.79 bits per heavy atom. The summed E-state index contributed by atoms with van der Waals surface area (Å²) in [5.74, 6) is 2.75. The lowest BCUT2D eigenvalue weighted by Crippen LogP contribution is -2.17. The first-order chi connectivity index (χ1) is 13.6. The van der Waals surface area contributed by atoms with Crippen molar-refractivity contribution in [3.8, 4) is 23.8 Å². The van der Waals surface area contributed by atoms with Crippen molar-refractivity contribution in [3.05, 3.63) is 83.2 Å². The number of aromatic nitrogens is 1. The molecule has 3 rings (SSSR count). The van der Waals surface area contributed by atoms with Gasteiger partial charge in [-0.25, -0.2) is 5.43 Å². The molecule has 140 valence electrons. The van der Waals surface area contributed by atoms with Gasteiger partial charge in [0.2, 0.25) is 0 Å². The summed E-state index contributed by atoms with van der Waals surface area (Å²) in [4.78, 5) is 12.3. The zero-order valence-electron chi connectivity index (χ0n) is 15.8. The smallest absolute Gasteiger partial charge is 0.271 e. The average molecular weight is 371 g/mol. The van der Waals surface area contributed by atoms with Gasteiger partial charge in [0, 0.05) is 28.2 Å². The molecule has 0 saturated carbocycles. The van der Waals surface area contributed by atoms with E-state index in [2.05, 4.69) is 33.1 Å². The monoisotopic (exact) mass is 371 g/mol. The van der Waals surface area contributed by atoms with Crippen LogP contribution in [0.25, 0.3) is 5.69 Å². The number of para-hydroxylation sites is 1. The normalized spacial score (nSPS) is 10.6. The van der Waals surface area contributed by atoms with E-state index >= 15 is 0 Å². The summed E-state index contributed by atoms with van der Waals surface area (Å²) in [5.41, 5.74) is 7.09. The Hall–Kier alpha value is -3.78. The van der Waals surface area contributed by atoms with Crippen molar-refractivity contribution in [2.24, 2.45) is 5.10 Å². The Labute approximate surface area is 164 Å². The molecule has 28 heavy (non-hydrogen) atoms. The number of hydrazone groups is 1. The molecule has 5 heteroatoms. The van der Waals surface area contributed by atoms with E-state index in [1.807, 2.05) is 44.2 Å². The van der Waals surface area contributed by atoms with Crippen LogP contribution in [0.5, 0.6) is 5.75 Å². The topological polar surface area (TPSA) is 55.6 Å².